The Labute approximate surface area is 167 Å². The fourth-order valence-corrected chi connectivity index (χ4v) is 2.66. The number of esters is 1. The van der Waals surface area contributed by atoms with Crippen LogP contribution in [-0.2, 0) is 4.74 Å². The molecule has 0 saturated carbocycles. The van der Waals surface area contributed by atoms with E-state index in [2.05, 4.69) is 20.4 Å². The summed E-state index contributed by atoms with van der Waals surface area (Å²) in [4.78, 5) is 28.4. The number of carbonyl (C=O) groups excluding carboxylic acids is 2. The fourth-order valence-electron chi connectivity index (χ4n) is 2.50. The molecule has 0 atom stereocenters. The van der Waals surface area contributed by atoms with Crippen molar-refractivity contribution in [3.05, 3.63) is 82.6 Å². The number of hydrogen-bond acceptors (Lipinski definition) is 5. The topological polar surface area (TPSA) is 80.3 Å². The van der Waals surface area contributed by atoms with Crippen LogP contribution in [0.2, 0.25) is 5.02 Å². The molecule has 0 fully saturated rings. The predicted octanol–water partition coefficient (Wildman–Crippen LogP) is 4.83. The van der Waals surface area contributed by atoms with Crippen LogP contribution in [0.4, 0.5) is 17.1 Å². The number of ether oxygens (including phenoxy) is 1. The Morgan fingerprint density at radius 1 is 0.964 bits per heavy atom. The van der Waals surface area contributed by atoms with E-state index in [0.29, 0.717) is 22.0 Å². The van der Waals surface area contributed by atoms with Crippen molar-refractivity contribution < 1.29 is 14.3 Å². The molecular formula is C21H18ClN3O3. The number of nitrogens with one attached hydrogen (secondary N) is 2. The van der Waals surface area contributed by atoms with Gasteiger partial charge in [-0.05, 0) is 43.3 Å². The van der Waals surface area contributed by atoms with E-state index in [1.165, 1.54) is 31.5 Å². The minimum absolute atomic E-state index is 0.287. The Morgan fingerprint density at radius 2 is 1.71 bits per heavy atom. The van der Waals surface area contributed by atoms with Crippen molar-refractivity contribution in [3.8, 4) is 0 Å². The molecule has 1 heterocycles. The summed E-state index contributed by atoms with van der Waals surface area (Å²) in [5.41, 5.74) is 3.66. The summed E-state index contributed by atoms with van der Waals surface area (Å²) >= 11 is 6.13. The van der Waals surface area contributed by atoms with Gasteiger partial charge in [-0.25, -0.2) is 4.79 Å². The molecule has 0 spiro atoms. The molecule has 0 saturated heterocycles. The van der Waals surface area contributed by atoms with Crippen LogP contribution in [0.25, 0.3) is 0 Å². The summed E-state index contributed by atoms with van der Waals surface area (Å²) < 4.78 is 4.69. The van der Waals surface area contributed by atoms with Crippen LogP contribution in [0.1, 0.15) is 26.3 Å². The number of aromatic nitrogens is 1. The Bertz CT molecular complexity index is 1020. The van der Waals surface area contributed by atoms with Crippen molar-refractivity contribution in [1.82, 2.24) is 4.98 Å². The second-order valence-electron chi connectivity index (χ2n) is 6.09. The van der Waals surface area contributed by atoms with Gasteiger partial charge >= 0.3 is 5.97 Å². The van der Waals surface area contributed by atoms with E-state index in [1.54, 1.807) is 12.3 Å². The van der Waals surface area contributed by atoms with Gasteiger partial charge in [0.05, 0.1) is 40.8 Å². The molecule has 1 aromatic heterocycles. The predicted molar refractivity (Wildman–Crippen MR) is 109 cm³/mol. The van der Waals surface area contributed by atoms with Crippen molar-refractivity contribution in [1.29, 1.82) is 0 Å². The molecule has 2 N–H and O–H groups in total. The molecule has 6 nitrogen and oxygen atoms in total. The summed E-state index contributed by atoms with van der Waals surface area (Å²) in [5, 5.41) is 6.21. The molecular weight excluding hydrogens is 378 g/mol. The Hall–Kier alpha value is -3.38. The molecule has 0 unspecified atom stereocenters. The standard InChI is InChI=1S/C21H18ClN3O3/c1-13-3-6-16(7-4-13)24-17-9-15(11-23-12-17)20(26)25-19-10-14(21(27)28-2)5-8-18(19)22/h3-12,24H,1-2H3,(H,25,26). The molecule has 3 rings (SSSR count). The average molecular weight is 396 g/mol. The molecule has 0 radical (unpaired) electrons. The van der Waals surface area contributed by atoms with Crippen molar-refractivity contribution >= 4 is 40.5 Å². The number of carbonyl (C=O) groups is 2. The van der Waals surface area contributed by atoms with Gasteiger partial charge in [0.1, 0.15) is 0 Å². The van der Waals surface area contributed by atoms with Crippen LogP contribution in [0.5, 0.6) is 0 Å². The highest BCUT2D eigenvalue weighted by Crippen LogP contribution is 2.24. The van der Waals surface area contributed by atoms with Crippen LogP contribution >= 0.6 is 11.6 Å². The SMILES string of the molecule is COC(=O)c1ccc(Cl)c(NC(=O)c2cncc(Nc3ccc(C)cc3)c2)c1. The number of methoxy groups -OCH3 is 1. The molecule has 7 heteroatoms. The summed E-state index contributed by atoms with van der Waals surface area (Å²) in [5.74, 6) is -0.915. The van der Waals surface area contributed by atoms with E-state index < -0.39 is 11.9 Å². The lowest BCUT2D eigenvalue weighted by Crippen LogP contribution is -2.13. The van der Waals surface area contributed by atoms with Gasteiger partial charge < -0.3 is 15.4 Å². The van der Waals surface area contributed by atoms with E-state index in [0.717, 1.165) is 11.3 Å². The van der Waals surface area contributed by atoms with Crippen LogP contribution in [0.15, 0.2) is 60.9 Å². The second kappa shape index (κ2) is 8.54. The number of halogens is 1. The Morgan fingerprint density at radius 3 is 2.43 bits per heavy atom. The number of aryl methyl sites for hydroxylation is 1. The van der Waals surface area contributed by atoms with Gasteiger partial charge in [-0.3, -0.25) is 9.78 Å². The maximum absolute atomic E-state index is 12.6. The van der Waals surface area contributed by atoms with Crippen molar-refractivity contribution in [2.75, 3.05) is 17.7 Å². The Balaban J connectivity index is 1.78. The third kappa shape index (κ3) is 4.66. The molecule has 0 aliphatic carbocycles. The molecule has 1 amide bonds. The lowest BCUT2D eigenvalue weighted by atomic mass is 10.2. The molecule has 142 valence electrons. The number of rotatable bonds is 5. The van der Waals surface area contributed by atoms with Crippen LogP contribution in [0, 0.1) is 6.92 Å². The summed E-state index contributed by atoms with van der Waals surface area (Å²) in [6, 6.07) is 14.1. The number of benzene rings is 2. The highest BCUT2D eigenvalue weighted by Gasteiger charge is 2.13. The lowest BCUT2D eigenvalue weighted by Gasteiger charge is -2.10. The van der Waals surface area contributed by atoms with E-state index in [9.17, 15) is 9.59 Å². The number of anilines is 3. The molecule has 2 aromatic carbocycles. The maximum Gasteiger partial charge on any atom is 0.337 e. The highest BCUT2D eigenvalue weighted by molar-refractivity contribution is 6.34. The van der Waals surface area contributed by atoms with Crippen LogP contribution < -0.4 is 10.6 Å². The first-order valence-electron chi connectivity index (χ1n) is 8.44. The van der Waals surface area contributed by atoms with Gasteiger partial charge in [-0.15, -0.1) is 0 Å². The zero-order valence-electron chi connectivity index (χ0n) is 15.3. The third-order valence-electron chi connectivity index (χ3n) is 3.98. The summed E-state index contributed by atoms with van der Waals surface area (Å²) in [6.45, 7) is 2.01. The van der Waals surface area contributed by atoms with Crippen molar-refractivity contribution in [2.45, 2.75) is 6.92 Å². The molecule has 0 aliphatic heterocycles. The third-order valence-corrected chi connectivity index (χ3v) is 4.31. The minimum atomic E-state index is -0.516. The molecule has 3 aromatic rings. The lowest BCUT2D eigenvalue weighted by molar-refractivity contribution is 0.0600. The van der Waals surface area contributed by atoms with Crippen molar-refractivity contribution in [2.24, 2.45) is 0 Å². The average Bonchev–Trinajstić information content (AvgIpc) is 2.71. The van der Waals surface area contributed by atoms with Crippen LogP contribution in [0.3, 0.4) is 0 Å². The second-order valence-corrected chi connectivity index (χ2v) is 6.50. The van der Waals surface area contributed by atoms with E-state index in [4.69, 9.17) is 11.6 Å². The number of amides is 1. The normalized spacial score (nSPS) is 10.2. The quantitative estimate of drug-likeness (QED) is 0.605. The molecule has 0 bridgehead atoms. The van der Waals surface area contributed by atoms with E-state index in [1.807, 2.05) is 31.2 Å². The first kappa shape index (κ1) is 19.4. The monoisotopic (exact) mass is 395 g/mol. The molecule has 0 aliphatic rings. The smallest absolute Gasteiger partial charge is 0.337 e. The number of pyridine rings is 1. The van der Waals surface area contributed by atoms with E-state index in [-0.39, 0.29) is 5.56 Å². The van der Waals surface area contributed by atoms with Gasteiger partial charge in [0.25, 0.3) is 5.91 Å². The fraction of sp³-hybridized carbons (Fsp3) is 0.0952. The maximum atomic E-state index is 12.6. The number of hydrogen-bond donors (Lipinski definition) is 2. The largest absolute Gasteiger partial charge is 0.465 e. The van der Waals surface area contributed by atoms with Crippen molar-refractivity contribution in [3.63, 3.8) is 0 Å². The van der Waals surface area contributed by atoms with E-state index >= 15 is 0 Å². The summed E-state index contributed by atoms with van der Waals surface area (Å²) in [6.07, 6.45) is 3.08. The number of nitrogens with zero attached hydrogens (tertiary/aromatic N) is 1. The minimum Gasteiger partial charge on any atom is -0.465 e. The van der Waals surface area contributed by atoms with Gasteiger partial charge in [-0.2, -0.15) is 0 Å². The van der Waals surface area contributed by atoms with Crippen LogP contribution in [-0.4, -0.2) is 24.0 Å². The van der Waals surface area contributed by atoms with Gasteiger partial charge in [-0.1, -0.05) is 29.3 Å². The van der Waals surface area contributed by atoms with Gasteiger partial charge in [0.15, 0.2) is 0 Å². The first-order valence-corrected chi connectivity index (χ1v) is 8.82. The molecule has 28 heavy (non-hydrogen) atoms. The Kier molecular flexibility index (Phi) is 5.91. The zero-order valence-corrected chi connectivity index (χ0v) is 16.1. The summed E-state index contributed by atoms with van der Waals surface area (Å²) in [7, 11) is 1.29. The van der Waals surface area contributed by atoms with Gasteiger partial charge in [0, 0.05) is 11.9 Å². The van der Waals surface area contributed by atoms with Gasteiger partial charge in [0.2, 0.25) is 0 Å². The highest BCUT2D eigenvalue weighted by atomic mass is 35.5. The zero-order chi connectivity index (χ0) is 20.1. The first-order chi connectivity index (χ1) is 13.5.